The van der Waals surface area contributed by atoms with Crippen molar-refractivity contribution in [3.8, 4) is 0 Å². The topological polar surface area (TPSA) is 32.3 Å². The maximum absolute atomic E-state index is 12.4. The van der Waals surface area contributed by atoms with E-state index in [1.807, 2.05) is 13.8 Å². The number of aliphatic hydroxyl groups is 1. The number of hydrogen-bond acceptors (Lipinski definition) is 2. The zero-order valence-electron chi connectivity index (χ0n) is 11.4. The lowest BCUT2D eigenvalue weighted by molar-refractivity contribution is -0.137. The Bertz CT molecular complexity index is 396. The van der Waals surface area contributed by atoms with Gasteiger partial charge in [-0.15, -0.1) is 0 Å². The fourth-order valence-corrected chi connectivity index (χ4v) is 1.74. The van der Waals surface area contributed by atoms with Gasteiger partial charge in [0.2, 0.25) is 0 Å². The second kappa shape index (κ2) is 5.92. The summed E-state index contributed by atoms with van der Waals surface area (Å²) in [6, 6.07) is 5.15. The molecule has 19 heavy (non-hydrogen) atoms. The van der Waals surface area contributed by atoms with Gasteiger partial charge >= 0.3 is 6.18 Å². The molecule has 2 nitrogen and oxygen atoms in total. The third kappa shape index (κ3) is 5.61. The second-order valence-electron chi connectivity index (χ2n) is 5.40. The summed E-state index contributed by atoms with van der Waals surface area (Å²) in [5.41, 5.74) is -0.968. The summed E-state index contributed by atoms with van der Waals surface area (Å²) in [4.78, 5) is 0. The quantitative estimate of drug-likeness (QED) is 0.866. The van der Waals surface area contributed by atoms with Crippen LogP contribution in [0.1, 0.15) is 31.9 Å². The fourth-order valence-electron chi connectivity index (χ4n) is 1.74. The highest BCUT2D eigenvalue weighted by atomic mass is 19.4. The average Bonchev–Trinajstić information content (AvgIpc) is 2.25. The lowest BCUT2D eigenvalue weighted by Crippen LogP contribution is -2.42. The normalized spacial score (nSPS) is 15.6. The molecule has 0 heterocycles. The summed E-state index contributed by atoms with van der Waals surface area (Å²) in [6.07, 6.45) is -4.01. The van der Waals surface area contributed by atoms with Crippen molar-refractivity contribution in [2.75, 3.05) is 6.54 Å². The molecule has 1 aromatic carbocycles. The molecule has 2 N–H and O–H groups in total. The smallest absolute Gasteiger partial charge is 0.389 e. The largest absolute Gasteiger partial charge is 0.416 e. The number of benzene rings is 1. The van der Waals surface area contributed by atoms with Crippen LogP contribution >= 0.6 is 0 Å². The first-order chi connectivity index (χ1) is 8.60. The Morgan fingerprint density at radius 2 is 1.68 bits per heavy atom. The van der Waals surface area contributed by atoms with Crippen LogP contribution in [0.5, 0.6) is 0 Å². The van der Waals surface area contributed by atoms with Crippen molar-refractivity contribution < 1.29 is 18.3 Å². The maximum atomic E-state index is 12.4. The SMILES string of the molecule is CC(C)NCC(C)(O)Cc1ccc(C(F)(F)F)cc1. The van der Waals surface area contributed by atoms with Crippen LogP contribution < -0.4 is 5.32 Å². The molecule has 1 aromatic rings. The molecule has 1 atom stereocenters. The Kier molecular flexibility index (Phi) is 4.98. The summed E-state index contributed by atoms with van der Waals surface area (Å²) in [6.45, 7) is 5.99. The first-order valence-corrected chi connectivity index (χ1v) is 6.22. The van der Waals surface area contributed by atoms with Crippen LogP contribution in [-0.2, 0) is 12.6 Å². The van der Waals surface area contributed by atoms with Crippen molar-refractivity contribution in [3.05, 3.63) is 35.4 Å². The van der Waals surface area contributed by atoms with Gasteiger partial charge in [0.15, 0.2) is 0 Å². The van der Waals surface area contributed by atoms with Crippen molar-refractivity contribution >= 4 is 0 Å². The molecule has 5 heteroatoms. The van der Waals surface area contributed by atoms with E-state index in [-0.39, 0.29) is 6.04 Å². The monoisotopic (exact) mass is 275 g/mol. The van der Waals surface area contributed by atoms with Crippen molar-refractivity contribution in [3.63, 3.8) is 0 Å². The van der Waals surface area contributed by atoms with Gasteiger partial charge in [-0.3, -0.25) is 0 Å². The predicted molar refractivity (Wildman–Crippen MR) is 68.9 cm³/mol. The Hall–Kier alpha value is -1.07. The first-order valence-electron chi connectivity index (χ1n) is 6.22. The van der Waals surface area contributed by atoms with E-state index in [9.17, 15) is 18.3 Å². The number of hydrogen-bond donors (Lipinski definition) is 2. The minimum absolute atomic E-state index is 0.249. The van der Waals surface area contributed by atoms with Gasteiger partial charge in [0.25, 0.3) is 0 Å². The van der Waals surface area contributed by atoms with Crippen LogP contribution in [0.15, 0.2) is 24.3 Å². The Labute approximate surface area is 111 Å². The van der Waals surface area contributed by atoms with E-state index in [2.05, 4.69) is 5.32 Å². The highest BCUT2D eigenvalue weighted by Gasteiger charge is 2.30. The van der Waals surface area contributed by atoms with Gasteiger partial charge in [-0.25, -0.2) is 0 Å². The van der Waals surface area contributed by atoms with E-state index in [0.29, 0.717) is 18.5 Å². The highest BCUT2D eigenvalue weighted by molar-refractivity contribution is 5.25. The van der Waals surface area contributed by atoms with E-state index in [4.69, 9.17) is 0 Å². The van der Waals surface area contributed by atoms with Crippen LogP contribution in [0.25, 0.3) is 0 Å². The molecule has 0 aromatic heterocycles. The molecule has 1 unspecified atom stereocenters. The summed E-state index contributed by atoms with van der Waals surface area (Å²) in [5, 5.41) is 13.3. The third-order valence-corrected chi connectivity index (χ3v) is 2.76. The van der Waals surface area contributed by atoms with Crippen LogP contribution in [0.4, 0.5) is 13.2 Å². The van der Waals surface area contributed by atoms with Gasteiger partial charge in [-0.2, -0.15) is 13.2 Å². The Morgan fingerprint density at radius 3 is 2.11 bits per heavy atom. The number of nitrogens with one attached hydrogen (secondary N) is 1. The molecule has 0 aliphatic heterocycles. The fraction of sp³-hybridized carbons (Fsp3) is 0.571. The molecule has 0 aliphatic carbocycles. The molecule has 0 saturated carbocycles. The van der Waals surface area contributed by atoms with Crippen LogP contribution in [0.2, 0.25) is 0 Å². The molecule has 0 saturated heterocycles. The standard InChI is InChI=1S/C14H20F3NO/c1-10(2)18-9-13(3,19)8-11-4-6-12(7-5-11)14(15,16)17/h4-7,10,18-19H,8-9H2,1-3H3. The molecule has 0 bridgehead atoms. The molecule has 108 valence electrons. The Morgan fingerprint density at radius 1 is 1.16 bits per heavy atom. The molecule has 0 fully saturated rings. The minimum Gasteiger partial charge on any atom is -0.389 e. The molecular formula is C14H20F3NO. The lowest BCUT2D eigenvalue weighted by Gasteiger charge is -2.25. The highest BCUT2D eigenvalue weighted by Crippen LogP contribution is 2.29. The second-order valence-corrected chi connectivity index (χ2v) is 5.40. The lowest BCUT2D eigenvalue weighted by atomic mass is 9.95. The summed E-state index contributed by atoms with van der Waals surface area (Å²) >= 11 is 0. The maximum Gasteiger partial charge on any atom is 0.416 e. The summed E-state index contributed by atoms with van der Waals surface area (Å²) in [7, 11) is 0. The van der Waals surface area contributed by atoms with Crippen LogP contribution in [-0.4, -0.2) is 23.3 Å². The predicted octanol–water partition coefficient (Wildman–Crippen LogP) is 3.00. The average molecular weight is 275 g/mol. The zero-order chi connectivity index (χ0) is 14.7. The zero-order valence-corrected chi connectivity index (χ0v) is 11.4. The van der Waals surface area contributed by atoms with E-state index in [0.717, 1.165) is 12.1 Å². The van der Waals surface area contributed by atoms with Crippen LogP contribution in [0, 0.1) is 0 Å². The van der Waals surface area contributed by atoms with E-state index < -0.39 is 17.3 Å². The number of alkyl halides is 3. The van der Waals surface area contributed by atoms with Crippen molar-refractivity contribution in [2.45, 2.75) is 45.0 Å². The summed E-state index contributed by atoms with van der Waals surface area (Å²) < 4.78 is 37.2. The molecule has 0 aliphatic rings. The molecular weight excluding hydrogens is 255 g/mol. The van der Waals surface area contributed by atoms with Crippen molar-refractivity contribution in [1.82, 2.24) is 5.32 Å². The van der Waals surface area contributed by atoms with Crippen molar-refractivity contribution in [2.24, 2.45) is 0 Å². The van der Waals surface area contributed by atoms with E-state index >= 15 is 0 Å². The molecule has 0 amide bonds. The first kappa shape index (κ1) is 16.0. The van der Waals surface area contributed by atoms with Gasteiger partial charge in [0.05, 0.1) is 11.2 Å². The number of halogens is 3. The van der Waals surface area contributed by atoms with Gasteiger partial charge in [-0.1, -0.05) is 26.0 Å². The molecule has 0 radical (unpaired) electrons. The van der Waals surface area contributed by atoms with Gasteiger partial charge in [0, 0.05) is 19.0 Å². The van der Waals surface area contributed by atoms with E-state index in [1.54, 1.807) is 6.92 Å². The Balaban J connectivity index is 2.67. The minimum atomic E-state index is -4.32. The summed E-state index contributed by atoms with van der Waals surface area (Å²) in [5.74, 6) is 0. The molecule has 1 rings (SSSR count). The van der Waals surface area contributed by atoms with Crippen LogP contribution in [0.3, 0.4) is 0 Å². The van der Waals surface area contributed by atoms with Gasteiger partial charge in [-0.05, 0) is 24.6 Å². The third-order valence-electron chi connectivity index (χ3n) is 2.76. The van der Waals surface area contributed by atoms with Gasteiger partial charge in [0.1, 0.15) is 0 Å². The van der Waals surface area contributed by atoms with Crippen molar-refractivity contribution in [1.29, 1.82) is 0 Å². The number of rotatable bonds is 5. The molecule has 0 spiro atoms. The van der Waals surface area contributed by atoms with E-state index in [1.165, 1.54) is 12.1 Å². The van der Waals surface area contributed by atoms with Gasteiger partial charge < -0.3 is 10.4 Å².